The molecule has 0 radical (unpaired) electrons. The van der Waals surface area contributed by atoms with Crippen LogP contribution in [0.5, 0.6) is 0 Å². The number of aryl methyl sites for hydroxylation is 4. The number of hydrogen-bond donors (Lipinski definition) is 1. The first-order chi connectivity index (χ1) is 10.9. The highest BCUT2D eigenvalue weighted by Gasteiger charge is 2.18. The Bertz CT molecular complexity index is 821. The van der Waals surface area contributed by atoms with E-state index in [-0.39, 0.29) is 0 Å². The van der Waals surface area contributed by atoms with E-state index < -0.39 is 0 Å². The summed E-state index contributed by atoms with van der Waals surface area (Å²) in [6.45, 7) is 7.50. The van der Waals surface area contributed by atoms with Crippen LogP contribution < -0.4 is 10.7 Å². The van der Waals surface area contributed by atoms with Crippen molar-refractivity contribution in [2.24, 2.45) is 0 Å². The van der Waals surface area contributed by atoms with Crippen molar-refractivity contribution in [2.45, 2.75) is 27.7 Å². The summed E-state index contributed by atoms with van der Waals surface area (Å²) in [5.74, 6) is 0.942. The number of nitrogen functional groups attached to an aromatic ring is 1. The molecule has 3 heterocycles. The predicted molar refractivity (Wildman–Crippen MR) is 84.0 cm³/mol. The molecule has 23 heavy (non-hydrogen) atoms. The van der Waals surface area contributed by atoms with Gasteiger partial charge in [0, 0.05) is 17.8 Å². The lowest BCUT2D eigenvalue weighted by Gasteiger charge is -2.02. The summed E-state index contributed by atoms with van der Waals surface area (Å²) in [6, 6.07) is 3.51. The van der Waals surface area contributed by atoms with E-state index in [9.17, 15) is 0 Å². The fourth-order valence-electron chi connectivity index (χ4n) is 1.98. The van der Waals surface area contributed by atoms with Crippen LogP contribution >= 0.6 is 0 Å². The van der Waals surface area contributed by atoms with Gasteiger partial charge in [0.2, 0.25) is 11.6 Å². The third-order valence-corrected chi connectivity index (χ3v) is 3.56. The molecule has 3 aromatic heterocycles. The average Bonchev–Trinajstić information content (AvgIpc) is 2.52. The molecule has 0 aromatic carbocycles. The van der Waals surface area contributed by atoms with Crippen molar-refractivity contribution in [3.8, 4) is 23.0 Å². The van der Waals surface area contributed by atoms with Crippen molar-refractivity contribution >= 4 is 5.69 Å². The largest absolute Gasteiger partial charge is 0.398 e. The van der Waals surface area contributed by atoms with Crippen LogP contribution in [0, 0.1) is 27.7 Å². The number of aromatic amines is 1. The average molecular weight is 309 g/mol. The van der Waals surface area contributed by atoms with Crippen LogP contribution in [-0.4, -0.2) is 30.4 Å². The normalized spacial score (nSPS) is 10.8. The van der Waals surface area contributed by atoms with Crippen molar-refractivity contribution in [2.75, 3.05) is 5.73 Å². The zero-order valence-corrected chi connectivity index (χ0v) is 13.4. The Labute approximate surface area is 133 Å². The molecule has 0 aliphatic heterocycles. The molecule has 0 fully saturated rings. The van der Waals surface area contributed by atoms with Crippen molar-refractivity contribution in [3.05, 3.63) is 34.9 Å². The van der Waals surface area contributed by atoms with Gasteiger partial charge in [0.1, 0.15) is 0 Å². The Morgan fingerprint density at radius 2 is 1.13 bits per heavy atom. The second-order valence-electron chi connectivity index (χ2n) is 5.35. The number of nitrogens with two attached hydrogens (primary N) is 1. The van der Waals surface area contributed by atoms with Gasteiger partial charge in [0.05, 0.1) is 22.8 Å². The smallest absolute Gasteiger partial charge is 0.253 e. The number of H-pyrrole nitrogens is 1. The zero-order valence-electron chi connectivity index (χ0n) is 13.4. The number of pyridine rings is 1. The summed E-state index contributed by atoms with van der Waals surface area (Å²) in [7, 11) is 0. The molecular formula is C15H17N8+. The maximum absolute atomic E-state index is 6.00. The SMILES string of the molecule is Cc1nnc(-c2cc(N)cc(-c3nnc(C)c(C)n3)[nH+]2)nc1C. The molecule has 0 unspecified atom stereocenters. The highest BCUT2D eigenvalue weighted by atomic mass is 15.2. The van der Waals surface area contributed by atoms with E-state index in [1.54, 1.807) is 12.1 Å². The third kappa shape index (κ3) is 2.96. The lowest BCUT2D eigenvalue weighted by atomic mass is 10.2. The Morgan fingerprint density at radius 1 is 0.696 bits per heavy atom. The number of hydrogen-bond acceptors (Lipinski definition) is 7. The van der Waals surface area contributed by atoms with Gasteiger partial charge in [0.15, 0.2) is 0 Å². The molecule has 0 aliphatic carbocycles. The predicted octanol–water partition coefficient (Wildman–Crippen LogP) is 1.02. The van der Waals surface area contributed by atoms with Crippen molar-refractivity contribution in [3.63, 3.8) is 0 Å². The maximum atomic E-state index is 6.00. The van der Waals surface area contributed by atoms with E-state index >= 15 is 0 Å². The van der Waals surface area contributed by atoms with Gasteiger partial charge in [0.25, 0.3) is 11.4 Å². The van der Waals surface area contributed by atoms with E-state index in [4.69, 9.17) is 5.73 Å². The minimum Gasteiger partial charge on any atom is -0.398 e. The van der Waals surface area contributed by atoms with Crippen LogP contribution in [0.3, 0.4) is 0 Å². The number of aromatic nitrogens is 7. The Balaban J connectivity index is 2.11. The molecule has 8 heteroatoms. The van der Waals surface area contributed by atoms with Crippen LogP contribution in [0.25, 0.3) is 23.0 Å². The molecule has 0 saturated heterocycles. The highest BCUT2D eigenvalue weighted by molar-refractivity contribution is 5.59. The highest BCUT2D eigenvalue weighted by Crippen LogP contribution is 2.18. The van der Waals surface area contributed by atoms with E-state index in [0.717, 1.165) is 22.8 Å². The molecule has 3 rings (SSSR count). The molecule has 0 bridgehead atoms. The Kier molecular flexibility index (Phi) is 3.65. The monoisotopic (exact) mass is 309 g/mol. The quantitative estimate of drug-likeness (QED) is 0.750. The molecular weight excluding hydrogens is 292 g/mol. The Hall–Kier alpha value is -3.03. The van der Waals surface area contributed by atoms with Gasteiger partial charge >= 0.3 is 0 Å². The first-order valence-corrected chi connectivity index (χ1v) is 7.13. The van der Waals surface area contributed by atoms with E-state index in [2.05, 4.69) is 35.3 Å². The van der Waals surface area contributed by atoms with Crippen molar-refractivity contribution in [1.82, 2.24) is 30.4 Å². The molecule has 0 aliphatic rings. The molecule has 116 valence electrons. The standard InChI is InChI=1S/C15H16N8/c1-7-9(3)20-22-14(17-7)12-5-11(16)6-13(19-12)15-18-8(2)10(4)21-23-15/h5-6H,1-4H3,(H2,16,19)/p+1. The van der Waals surface area contributed by atoms with Gasteiger partial charge in [-0.05, 0) is 27.7 Å². The topological polar surface area (TPSA) is 118 Å². The number of nitrogens with one attached hydrogen (secondary N) is 1. The molecule has 8 nitrogen and oxygen atoms in total. The zero-order chi connectivity index (χ0) is 16.6. The van der Waals surface area contributed by atoms with Crippen LogP contribution in [0.4, 0.5) is 5.69 Å². The lowest BCUT2D eigenvalue weighted by Crippen LogP contribution is -2.16. The number of rotatable bonds is 2. The van der Waals surface area contributed by atoms with Crippen LogP contribution in [0.2, 0.25) is 0 Å². The lowest BCUT2D eigenvalue weighted by molar-refractivity contribution is -0.352. The molecule has 3 aromatic rings. The van der Waals surface area contributed by atoms with Gasteiger partial charge in [-0.15, -0.1) is 10.2 Å². The minimum atomic E-state index is 0.471. The Morgan fingerprint density at radius 3 is 1.52 bits per heavy atom. The fourth-order valence-corrected chi connectivity index (χ4v) is 1.98. The maximum Gasteiger partial charge on any atom is 0.253 e. The summed E-state index contributed by atoms with van der Waals surface area (Å²) in [6.07, 6.45) is 0. The van der Waals surface area contributed by atoms with Gasteiger partial charge in [-0.3, -0.25) is 0 Å². The van der Waals surface area contributed by atoms with E-state index in [1.165, 1.54) is 0 Å². The summed E-state index contributed by atoms with van der Waals surface area (Å²) in [5, 5.41) is 16.4. The number of nitrogens with zero attached hydrogens (tertiary/aromatic N) is 6. The molecule has 0 saturated carbocycles. The summed E-state index contributed by atoms with van der Waals surface area (Å²) < 4.78 is 0. The van der Waals surface area contributed by atoms with Gasteiger partial charge in [-0.2, -0.15) is 15.2 Å². The second-order valence-corrected chi connectivity index (χ2v) is 5.35. The van der Waals surface area contributed by atoms with Gasteiger partial charge in [-0.25, -0.2) is 9.97 Å². The van der Waals surface area contributed by atoms with Crippen LogP contribution in [0.15, 0.2) is 12.1 Å². The van der Waals surface area contributed by atoms with E-state index in [0.29, 0.717) is 28.7 Å². The van der Waals surface area contributed by atoms with Crippen molar-refractivity contribution in [1.29, 1.82) is 0 Å². The van der Waals surface area contributed by atoms with Crippen LogP contribution in [0.1, 0.15) is 22.8 Å². The molecule has 3 N–H and O–H groups in total. The summed E-state index contributed by atoms with van der Waals surface area (Å²) in [4.78, 5) is 12.1. The van der Waals surface area contributed by atoms with Crippen LogP contribution in [-0.2, 0) is 0 Å². The molecule has 0 atom stereocenters. The summed E-state index contributed by atoms with van der Waals surface area (Å²) in [5.41, 5.74) is 11.1. The number of anilines is 1. The third-order valence-electron chi connectivity index (χ3n) is 3.56. The fraction of sp³-hybridized carbons (Fsp3) is 0.267. The first kappa shape index (κ1) is 14.9. The molecule has 0 amide bonds. The second kappa shape index (κ2) is 5.64. The van der Waals surface area contributed by atoms with Crippen molar-refractivity contribution < 1.29 is 4.98 Å². The minimum absolute atomic E-state index is 0.471. The summed E-state index contributed by atoms with van der Waals surface area (Å²) >= 11 is 0. The van der Waals surface area contributed by atoms with E-state index in [1.807, 2.05) is 27.7 Å². The van der Waals surface area contributed by atoms with Gasteiger partial charge < -0.3 is 5.73 Å². The van der Waals surface area contributed by atoms with Gasteiger partial charge in [-0.1, -0.05) is 0 Å². The molecule has 0 spiro atoms. The first-order valence-electron chi connectivity index (χ1n) is 7.13.